The molecule has 0 amide bonds. The number of aliphatic carboxylic acids is 1. The summed E-state index contributed by atoms with van der Waals surface area (Å²) in [6.45, 7) is 0.358. The fourth-order valence-corrected chi connectivity index (χ4v) is 2.19. The number of hydrogen-bond acceptors (Lipinski definition) is 3. The van der Waals surface area contributed by atoms with Crippen molar-refractivity contribution >= 4 is 16.0 Å². The van der Waals surface area contributed by atoms with Gasteiger partial charge in [-0.05, 0) is 19.3 Å². The van der Waals surface area contributed by atoms with Gasteiger partial charge in [-0.15, -0.1) is 12.3 Å². The van der Waals surface area contributed by atoms with Gasteiger partial charge in [0.2, 0.25) is 10.0 Å². The highest BCUT2D eigenvalue weighted by Crippen LogP contribution is 1.97. The highest BCUT2D eigenvalue weighted by Gasteiger charge is 2.09. The molecule has 0 aliphatic carbocycles. The van der Waals surface area contributed by atoms with Crippen molar-refractivity contribution in [3.63, 3.8) is 0 Å². The molecule has 0 saturated heterocycles. The van der Waals surface area contributed by atoms with Crippen molar-refractivity contribution in [2.24, 2.45) is 0 Å². The van der Waals surface area contributed by atoms with Crippen LogP contribution in [0.3, 0.4) is 0 Å². The van der Waals surface area contributed by atoms with Crippen LogP contribution in [-0.2, 0) is 14.8 Å². The second-order valence-corrected chi connectivity index (χ2v) is 5.30. The number of rotatable bonds is 9. The maximum atomic E-state index is 11.3. The van der Waals surface area contributed by atoms with E-state index in [0.29, 0.717) is 19.4 Å². The number of hydrogen-bond donors (Lipinski definition) is 2. The predicted molar refractivity (Wildman–Crippen MR) is 61.3 cm³/mol. The molecule has 0 aromatic rings. The van der Waals surface area contributed by atoms with E-state index in [4.69, 9.17) is 11.5 Å². The molecule has 0 aliphatic heterocycles. The largest absolute Gasteiger partial charge is 0.481 e. The van der Waals surface area contributed by atoms with Crippen molar-refractivity contribution < 1.29 is 18.3 Å². The van der Waals surface area contributed by atoms with E-state index < -0.39 is 16.0 Å². The fraction of sp³-hybridized carbons (Fsp3) is 0.700. The fourth-order valence-electron chi connectivity index (χ4n) is 1.07. The molecule has 0 saturated carbocycles. The van der Waals surface area contributed by atoms with Gasteiger partial charge in [0.15, 0.2) is 0 Å². The molecule has 0 aromatic carbocycles. The topological polar surface area (TPSA) is 83.5 Å². The van der Waals surface area contributed by atoms with Gasteiger partial charge >= 0.3 is 5.97 Å². The van der Waals surface area contributed by atoms with E-state index in [0.717, 1.165) is 6.42 Å². The Morgan fingerprint density at radius 2 is 2.00 bits per heavy atom. The SMILES string of the molecule is C#CCCCCNS(=O)(=O)CCCC(=O)O. The van der Waals surface area contributed by atoms with E-state index >= 15 is 0 Å². The van der Waals surface area contributed by atoms with Crippen LogP contribution in [0.1, 0.15) is 32.1 Å². The van der Waals surface area contributed by atoms with Gasteiger partial charge in [-0.1, -0.05) is 0 Å². The van der Waals surface area contributed by atoms with Gasteiger partial charge in [0, 0.05) is 19.4 Å². The Morgan fingerprint density at radius 3 is 2.56 bits per heavy atom. The summed E-state index contributed by atoms with van der Waals surface area (Å²) in [5.41, 5.74) is 0. The Morgan fingerprint density at radius 1 is 1.31 bits per heavy atom. The van der Waals surface area contributed by atoms with Crippen LogP contribution in [0.2, 0.25) is 0 Å². The van der Waals surface area contributed by atoms with Crippen molar-refractivity contribution in [3.05, 3.63) is 0 Å². The van der Waals surface area contributed by atoms with Crippen LogP contribution in [0.25, 0.3) is 0 Å². The first-order chi connectivity index (χ1) is 7.48. The number of carboxylic acids is 1. The lowest BCUT2D eigenvalue weighted by Crippen LogP contribution is -2.27. The van der Waals surface area contributed by atoms with Gasteiger partial charge in [0.25, 0.3) is 0 Å². The first-order valence-electron chi connectivity index (χ1n) is 5.10. The van der Waals surface area contributed by atoms with E-state index in [1.165, 1.54) is 0 Å². The van der Waals surface area contributed by atoms with Gasteiger partial charge in [-0.25, -0.2) is 13.1 Å². The maximum Gasteiger partial charge on any atom is 0.303 e. The number of nitrogens with one attached hydrogen (secondary N) is 1. The molecule has 0 unspecified atom stereocenters. The van der Waals surface area contributed by atoms with E-state index in [9.17, 15) is 13.2 Å². The average Bonchev–Trinajstić information content (AvgIpc) is 2.16. The standard InChI is InChI=1S/C10H17NO4S/c1-2-3-4-5-8-11-16(14,15)9-6-7-10(12)13/h1,11H,3-9H2,(H,12,13). The Balaban J connectivity index is 3.63. The molecule has 0 fully saturated rings. The van der Waals surface area contributed by atoms with E-state index in [-0.39, 0.29) is 18.6 Å². The van der Waals surface area contributed by atoms with Crippen LogP contribution < -0.4 is 4.72 Å². The highest BCUT2D eigenvalue weighted by atomic mass is 32.2. The zero-order valence-corrected chi connectivity index (χ0v) is 9.92. The number of sulfonamides is 1. The summed E-state index contributed by atoms with van der Waals surface area (Å²) in [6.07, 6.45) is 7.18. The van der Waals surface area contributed by atoms with Crippen molar-refractivity contribution in [3.8, 4) is 12.3 Å². The molecule has 5 nitrogen and oxygen atoms in total. The molecule has 0 radical (unpaired) electrons. The number of carboxylic acid groups (broad SMARTS) is 1. The minimum Gasteiger partial charge on any atom is -0.481 e. The molecule has 0 heterocycles. The van der Waals surface area contributed by atoms with Crippen LogP contribution in [-0.4, -0.2) is 31.8 Å². The van der Waals surface area contributed by atoms with Gasteiger partial charge in [0.1, 0.15) is 0 Å². The van der Waals surface area contributed by atoms with Gasteiger partial charge in [0.05, 0.1) is 5.75 Å². The monoisotopic (exact) mass is 247 g/mol. The molecule has 2 N–H and O–H groups in total. The normalized spacial score (nSPS) is 10.9. The highest BCUT2D eigenvalue weighted by molar-refractivity contribution is 7.89. The molecule has 0 atom stereocenters. The minimum absolute atomic E-state index is 0.127. The Kier molecular flexibility index (Phi) is 7.60. The molecule has 16 heavy (non-hydrogen) atoms. The molecular formula is C10H17NO4S. The van der Waals surface area contributed by atoms with Crippen LogP contribution in [0, 0.1) is 12.3 Å². The van der Waals surface area contributed by atoms with Crippen LogP contribution in [0.5, 0.6) is 0 Å². The molecular weight excluding hydrogens is 230 g/mol. The van der Waals surface area contributed by atoms with Crippen LogP contribution >= 0.6 is 0 Å². The van der Waals surface area contributed by atoms with Gasteiger partial charge < -0.3 is 5.11 Å². The number of terminal acetylenes is 1. The average molecular weight is 247 g/mol. The third-order valence-electron chi connectivity index (χ3n) is 1.87. The van der Waals surface area contributed by atoms with Crippen molar-refractivity contribution in [1.29, 1.82) is 0 Å². The number of unbranched alkanes of at least 4 members (excludes halogenated alkanes) is 2. The third kappa shape index (κ3) is 9.49. The molecule has 0 aromatic heterocycles. The molecule has 6 heteroatoms. The smallest absolute Gasteiger partial charge is 0.303 e. The number of carbonyl (C=O) groups is 1. The van der Waals surface area contributed by atoms with Crippen molar-refractivity contribution in [2.75, 3.05) is 12.3 Å². The third-order valence-corrected chi connectivity index (χ3v) is 3.34. The molecule has 92 valence electrons. The predicted octanol–water partition coefficient (Wildman–Crippen LogP) is 0.574. The van der Waals surface area contributed by atoms with Crippen molar-refractivity contribution in [1.82, 2.24) is 4.72 Å². The summed E-state index contributed by atoms with van der Waals surface area (Å²) in [6, 6.07) is 0. The van der Waals surface area contributed by atoms with Crippen LogP contribution in [0.15, 0.2) is 0 Å². The Bertz CT molecular complexity index is 342. The van der Waals surface area contributed by atoms with Gasteiger partial charge in [-0.3, -0.25) is 4.79 Å². The quantitative estimate of drug-likeness (QED) is 0.461. The molecule has 0 aliphatic rings. The summed E-state index contributed by atoms with van der Waals surface area (Å²) in [4.78, 5) is 10.2. The van der Waals surface area contributed by atoms with E-state index in [2.05, 4.69) is 10.6 Å². The van der Waals surface area contributed by atoms with Crippen LogP contribution in [0.4, 0.5) is 0 Å². The van der Waals surface area contributed by atoms with E-state index in [1.54, 1.807) is 0 Å². The molecule has 0 spiro atoms. The molecule has 0 bridgehead atoms. The van der Waals surface area contributed by atoms with Gasteiger partial charge in [-0.2, -0.15) is 0 Å². The maximum absolute atomic E-state index is 11.3. The Hall–Kier alpha value is -1.06. The lowest BCUT2D eigenvalue weighted by molar-refractivity contribution is -0.137. The lowest BCUT2D eigenvalue weighted by atomic mass is 10.2. The first-order valence-corrected chi connectivity index (χ1v) is 6.76. The summed E-state index contributed by atoms with van der Waals surface area (Å²) in [5.74, 6) is 1.34. The summed E-state index contributed by atoms with van der Waals surface area (Å²) < 4.78 is 25.0. The zero-order valence-electron chi connectivity index (χ0n) is 9.11. The minimum atomic E-state index is -3.33. The first kappa shape index (κ1) is 14.9. The Labute approximate surface area is 96.3 Å². The summed E-state index contributed by atoms with van der Waals surface area (Å²) in [7, 11) is -3.33. The van der Waals surface area contributed by atoms with E-state index in [1.807, 2.05) is 0 Å². The zero-order chi connectivity index (χ0) is 12.4. The lowest BCUT2D eigenvalue weighted by Gasteiger charge is -2.04. The van der Waals surface area contributed by atoms with Crippen molar-refractivity contribution in [2.45, 2.75) is 32.1 Å². The second kappa shape index (κ2) is 8.13. The molecule has 0 rings (SSSR count). The summed E-state index contributed by atoms with van der Waals surface area (Å²) >= 11 is 0. The second-order valence-electron chi connectivity index (χ2n) is 3.37. The summed E-state index contributed by atoms with van der Waals surface area (Å²) in [5, 5.41) is 8.35.